The van der Waals surface area contributed by atoms with E-state index >= 15 is 0 Å². The second-order valence-corrected chi connectivity index (χ2v) is 14.0. The Morgan fingerprint density at radius 1 is 0.407 bits per heavy atom. The smallest absolute Gasteiger partial charge is 0.306 e. The molecule has 6 heteroatoms. The number of allylic oxidation sites excluding steroid dienone is 14. The fourth-order valence-electron chi connectivity index (χ4n) is 5.51. The van der Waals surface area contributed by atoms with E-state index < -0.39 is 6.10 Å². The molecule has 0 saturated heterocycles. The van der Waals surface area contributed by atoms with Crippen molar-refractivity contribution in [2.45, 2.75) is 187 Å². The van der Waals surface area contributed by atoms with Gasteiger partial charge in [0.15, 0.2) is 6.10 Å². The lowest BCUT2D eigenvalue weighted by Crippen LogP contribution is -2.30. The number of hydrogen-bond donors (Lipinski definition) is 0. The van der Waals surface area contributed by atoms with Crippen molar-refractivity contribution >= 4 is 17.9 Å². The molecule has 0 spiro atoms. The summed E-state index contributed by atoms with van der Waals surface area (Å²) >= 11 is 0. The average Bonchev–Trinajstić information content (AvgIpc) is 3.17. The second kappa shape index (κ2) is 42.3. The van der Waals surface area contributed by atoms with E-state index in [1.165, 1.54) is 44.9 Å². The summed E-state index contributed by atoms with van der Waals surface area (Å²) in [6, 6.07) is 0. The highest BCUT2D eigenvalue weighted by Crippen LogP contribution is 2.12. The first-order chi connectivity index (χ1) is 26.5. The van der Waals surface area contributed by atoms with Crippen LogP contribution < -0.4 is 0 Å². The van der Waals surface area contributed by atoms with Crippen LogP contribution in [-0.4, -0.2) is 37.2 Å². The number of carbonyl (C=O) groups excluding carboxylic acids is 3. The number of esters is 3. The van der Waals surface area contributed by atoms with Crippen LogP contribution in [0.2, 0.25) is 0 Å². The van der Waals surface area contributed by atoms with Crippen LogP contribution >= 0.6 is 0 Å². The minimum absolute atomic E-state index is 0.0986. The first-order valence-corrected chi connectivity index (χ1v) is 21.7. The van der Waals surface area contributed by atoms with Crippen molar-refractivity contribution in [1.82, 2.24) is 0 Å². The maximum absolute atomic E-state index is 12.6. The van der Waals surface area contributed by atoms with Crippen molar-refractivity contribution in [3.8, 4) is 0 Å². The zero-order chi connectivity index (χ0) is 39.4. The third-order valence-electron chi connectivity index (χ3n) is 8.74. The lowest BCUT2D eigenvalue weighted by atomic mass is 10.1. The van der Waals surface area contributed by atoms with Crippen molar-refractivity contribution in [2.75, 3.05) is 13.2 Å². The molecule has 0 aromatic rings. The van der Waals surface area contributed by atoms with E-state index in [1.807, 2.05) is 36.5 Å². The van der Waals surface area contributed by atoms with Gasteiger partial charge in [0.05, 0.1) is 0 Å². The summed E-state index contributed by atoms with van der Waals surface area (Å²) < 4.78 is 16.6. The summed E-state index contributed by atoms with van der Waals surface area (Å²) in [5.41, 5.74) is 0. The van der Waals surface area contributed by atoms with Gasteiger partial charge in [-0.2, -0.15) is 0 Å². The molecule has 0 amide bonds. The van der Waals surface area contributed by atoms with Crippen LogP contribution in [0.5, 0.6) is 0 Å². The predicted octanol–water partition coefficient (Wildman–Crippen LogP) is 13.7. The molecule has 0 bridgehead atoms. The third-order valence-corrected chi connectivity index (χ3v) is 8.74. The minimum atomic E-state index is -0.799. The minimum Gasteiger partial charge on any atom is -0.462 e. The summed E-state index contributed by atoms with van der Waals surface area (Å²) in [6.45, 7) is 6.32. The van der Waals surface area contributed by atoms with Crippen LogP contribution in [0, 0.1) is 0 Å². The van der Waals surface area contributed by atoms with E-state index in [1.54, 1.807) is 0 Å². The van der Waals surface area contributed by atoms with Crippen LogP contribution in [0.1, 0.15) is 181 Å². The van der Waals surface area contributed by atoms with Crippen LogP contribution in [-0.2, 0) is 28.6 Å². The highest BCUT2D eigenvalue weighted by atomic mass is 16.6. The van der Waals surface area contributed by atoms with E-state index in [4.69, 9.17) is 14.2 Å². The van der Waals surface area contributed by atoms with Gasteiger partial charge < -0.3 is 14.2 Å². The topological polar surface area (TPSA) is 78.9 Å². The largest absolute Gasteiger partial charge is 0.462 e. The molecule has 1 atom stereocenters. The molecule has 0 aromatic heterocycles. The SMILES string of the molecule is CC/C=C\C/C=C\CCCCC(=O)OC(COC(=O)CCCCCCC\C=C/C=C\C=C/C=C\C=C/CCC)COC(=O)CCCCCCCCCCC. The Hall–Kier alpha value is -3.41. The maximum Gasteiger partial charge on any atom is 0.306 e. The average molecular weight is 751 g/mol. The Morgan fingerprint density at radius 3 is 1.39 bits per heavy atom. The lowest BCUT2D eigenvalue weighted by molar-refractivity contribution is -0.167. The Morgan fingerprint density at radius 2 is 0.833 bits per heavy atom. The number of unbranched alkanes of at least 4 members (excludes halogenated alkanes) is 16. The molecule has 0 fully saturated rings. The highest BCUT2D eigenvalue weighted by molar-refractivity contribution is 5.71. The molecular weight excluding hydrogens is 673 g/mol. The normalized spacial score (nSPS) is 12.9. The van der Waals surface area contributed by atoms with Gasteiger partial charge in [-0.05, 0) is 64.2 Å². The van der Waals surface area contributed by atoms with Gasteiger partial charge in [-0.1, -0.05) is 183 Å². The Balaban J connectivity index is 4.41. The molecule has 306 valence electrons. The number of hydrogen-bond acceptors (Lipinski definition) is 6. The van der Waals surface area contributed by atoms with E-state index in [2.05, 4.69) is 69.4 Å². The third kappa shape index (κ3) is 39.8. The molecule has 0 rings (SSSR count). The fourth-order valence-corrected chi connectivity index (χ4v) is 5.51. The first-order valence-electron chi connectivity index (χ1n) is 21.7. The van der Waals surface area contributed by atoms with Gasteiger partial charge in [0.2, 0.25) is 0 Å². The van der Waals surface area contributed by atoms with Crippen LogP contribution in [0.25, 0.3) is 0 Å². The summed E-state index contributed by atoms with van der Waals surface area (Å²) in [6.07, 6.45) is 52.9. The van der Waals surface area contributed by atoms with E-state index in [0.717, 1.165) is 89.9 Å². The standard InChI is InChI=1S/C48H78O6/c1-4-7-10-13-16-19-20-21-22-23-24-25-26-27-30-32-35-38-41-47(50)53-44-45(54-48(51)42-39-36-33-29-18-15-12-9-6-3)43-52-46(49)40-37-34-31-28-17-14-11-8-5-2/h9-10,12-13,16,18-25,29,45H,4-8,11,14-15,17,26-28,30-44H2,1-3H3/b12-9-,13-10-,19-16-,21-20-,23-22-,25-24-,29-18-. The summed E-state index contributed by atoms with van der Waals surface area (Å²) in [5.74, 6) is -0.975. The number of carbonyl (C=O) groups is 3. The van der Waals surface area contributed by atoms with Crippen molar-refractivity contribution in [3.63, 3.8) is 0 Å². The Labute approximate surface area is 331 Å². The van der Waals surface area contributed by atoms with Gasteiger partial charge in [0, 0.05) is 19.3 Å². The van der Waals surface area contributed by atoms with E-state index in [-0.39, 0.29) is 37.5 Å². The van der Waals surface area contributed by atoms with Gasteiger partial charge in [0.25, 0.3) is 0 Å². The van der Waals surface area contributed by atoms with Crippen LogP contribution in [0.4, 0.5) is 0 Å². The molecular formula is C48H78O6. The van der Waals surface area contributed by atoms with Gasteiger partial charge >= 0.3 is 17.9 Å². The van der Waals surface area contributed by atoms with E-state index in [0.29, 0.717) is 19.3 Å². The molecule has 0 aliphatic rings. The number of rotatable bonds is 37. The van der Waals surface area contributed by atoms with Crippen LogP contribution in [0.15, 0.2) is 85.1 Å². The molecule has 0 saturated carbocycles. The van der Waals surface area contributed by atoms with Gasteiger partial charge in [-0.15, -0.1) is 0 Å². The highest BCUT2D eigenvalue weighted by Gasteiger charge is 2.19. The predicted molar refractivity (Wildman–Crippen MR) is 228 cm³/mol. The molecule has 0 radical (unpaired) electrons. The maximum atomic E-state index is 12.6. The van der Waals surface area contributed by atoms with Gasteiger partial charge in [0.1, 0.15) is 13.2 Å². The van der Waals surface area contributed by atoms with Crippen molar-refractivity contribution in [2.24, 2.45) is 0 Å². The van der Waals surface area contributed by atoms with Gasteiger partial charge in [-0.3, -0.25) is 14.4 Å². The first kappa shape index (κ1) is 50.6. The fraction of sp³-hybridized carbons (Fsp3) is 0.646. The Kier molecular flexibility index (Phi) is 39.7. The van der Waals surface area contributed by atoms with Crippen molar-refractivity contribution < 1.29 is 28.6 Å². The summed E-state index contributed by atoms with van der Waals surface area (Å²) in [4.78, 5) is 37.5. The van der Waals surface area contributed by atoms with Gasteiger partial charge in [-0.25, -0.2) is 0 Å². The zero-order valence-corrected chi connectivity index (χ0v) is 34.7. The van der Waals surface area contributed by atoms with Crippen molar-refractivity contribution in [3.05, 3.63) is 85.1 Å². The van der Waals surface area contributed by atoms with Crippen LogP contribution in [0.3, 0.4) is 0 Å². The molecule has 0 aliphatic heterocycles. The number of ether oxygens (including phenoxy) is 3. The molecule has 54 heavy (non-hydrogen) atoms. The molecule has 0 heterocycles. The molecule has 0 N–H and O–H groups in total. The summed E-state index contributed by atoms with van der Waals surface area (Å²) in [5, 5.41) is 0. The summed E-state index contributed by atoms with van der Waals surface area (Å²) in [7, 11) is 0. The quantitative estimate of drug-likeness (QED) is 0.0207. The van der Waals surface area contributed by atoms with E-state index in [9.17, 15) is 14.4 Å². The zero-order valence-electron chi connectivity index (χ0n) is 34.7. The molecule has 0 aromatic carbocycles. The second-order valence-electron chi connectivity index (χ2n) is 14.0. The molecule has 6 nitrogen and oxygen atoms in total. The molecule has 1 unspecified atom stereocenters. The molecule has 0 aliphatic carbocycles. The van der Waals surface area contributed by atoms with Crippen molar-refractivity contribution in [1.29, 1.82) is 0 Å². The lowest BCUT2D eigenvalue weighted by Gasteiger charge is -2.18. The monoisotopic (exact) mass is 751 g/mol. The Bertz CT molecular complexity index is 1090.